The molecule has 174 valence electrons. The van der Waals surface area contributed by atoms with Crippen LogP contribution in [0.15, 0.2) is 35.2 Å². The van der Waals surface area contributed by atoms with Crippen molar-refractivity contribution < 1.29 is 36.2 Å². The van der Waals surface area contributed by atoms with Gasteiger partial charge in [-0.3, -0.25) is 0 Å². The number of hydrogen-bond donors (Lipinski definition) is 2. The largest absolute Gasteiger partial charge is 0.490 e. The number of sulfonamides is 1. The zero-order valence-electron chi connectivity index (χ0n) is 16.9. The number of rotatable bonds is 6. The third-order valence-corrected chi connectivity index (χ3v) is 7.53. The van der Waals surface area contributed by atoms with Gasteiger partial charge in [-0.1, -0.05) is 24.6 Å². The molecule has 0 bridgehead atoms. The Labute approximate surface area is 179 Å². The molecular formula is C20H27F3N2O5S. The average Bonchev–Trinajstić information content (AvgIpc) is 3.24. The molecule has 0 spiro atoms. The molecule has 0 aromatic heterocycles. The lowest BCUT2D eigenvalue weighted by Crippen LogP contribution is -2.35. The number of likely N-dealkylation sites (tertiary alicyclic amines) is 1. The molecule has 1 saturated carbocycles. The fraction of sp³-hybridized carbons (Fsp3) is 0.650. The Morgan fingerprint density at radius 2 is 1.84 bits per heavy atom. The van der Waals surface area contributed by atoms with Gasteiger partial charge in [-0.05, 0) is 30.9 Å². The number of hydrogen-bond acceptors (Lipinski definition) is 5. The van der Waals surface area contributed by atoms with E-state index in [2.05, 4.69) is 9.62 Å². The minimum Gasteiger partial charge on any atom is -0.475 e. The van der Waals surface area contributed by atoms with E-state index in [9.17, 15) is 21.6 Å². The molecule has 3 atom stereocenters. The van der Waals surface area contributed by atoms with Crippen molar-refractivity contribution in [2.75, 3.05) is 32.8 Å². The summed E-state index contributed by atoms with van der Waals surface area (Å²) in [6, 6.07) is 8.58. The standard InChI is InChI=1S/C18H26N2O3S.C2HF3O2/c21-24(22,16-7-2-1-3-8-16)19-9-15-13-23-18-12-20(11-17(15)18)10-14-5-4-6-14;3-2(4,5)1(6)7/h1-3,7-8,14-15,17-19H,4-6,9-13H2;(H,6,7)/t15-,17-,18-;/m1./s1. The van der Waals surface area contributed by atoms with E-state index in [0.29, 0.717) is 24.0 Å². The van der Waals surface area contributed by atoms with Gasteiger partial charge in [0.05, 0.1) is 17.6 Å². The molecule has 0 unspecified atom stereocenters. The SMILES string of the molecule is O=C(O)C(F)(F)F.O=S(=O)(NC[C@@H]1CO[C@@H]2CN(CC3CCC3)C[C@H]12)c1ccccc1. The fourth-order valence-electron chi connectivity index (χ4n) is 4.18. The Bertz CT molecular complexity index is 846. The Kier molecular flexibility index (Phi) is 7.61. The van der Waals surface area contributed by atoms with Crippen molar-refractivity contribution in [3.05, 3.63) is 30.3 Å². The van der Waals surface area contributed by atoms with Crippen LogP contribution in [0.5, 0.6) is 0 Å². The maximum Gasteiger partial charge on any atom is 0.490 e. The van der Waals surface area contributed by atoms with E-state index in [1.807, 2.05) is 6.07 Å². The lowest BCUT2D eigenvalue weighted by atomic mass is 9.85. The van der Waals surface area contributed by atoms with Crippen LogP contribution in [0.4, 0.5) is 13.2 Å². The van der Waals surface area contributed by atoms with Crippen LogP contribution in [-0.2, 0) is 19.6 Å². The summed E-state index contributed by atoms with van der Waals surface area (Å²) in [4.78, 5) is 11.8. The molecule has 0 radical (unpaired) electrons. The van der Waals surface area contributed by atoms with Crippen molar-refractivity contribution >= 4 is 16.0 Å². The molecule has 7 nitrogen and oxygen atoms in total. The van der Waals surface area contributed by atoms with Crippen LogP contribution >= 0.6 is 0 Å². The quantitative estimate of drug-likeness (QED) is 0.671. The van der Waals surface area contributed by atoms with Crippen LogP contribution in [0.3, 0.4) is 0 Å². The molecule has 4 rings (SSSR count). The van der Waals surface area contributed by atoms with Crippen molar-refractivity contribution in [2.24, 2.45) is 17.8 Å². The van der Waals surface area contributed by atoms with E-state index in [4.69, 9.17) is 14.6 Å². The molecule has 2 saturated heterocycles. The van der Waals surface area contributed by atoms with E-state index in [-0.39, 0.29) is 12.0 Å². The molecule has 31 heavy (non-hydrogen) atoms. The van der Waals surface area contributed by atoms with Gasteiger partial charge in [-0.2, -0.15) is 13.2 Å². The number of carboxylic acid groups (broad SMARTS) is 1. The first kappa shape index (κ1) is 24.0. The average molecular weight is 465 g/mol. The lowest BCUT2D eigenvalue weighted by molar-refractivity contribution is -0.192. The molecule has 1 aromatic rings. The lowest BCUT2D eigenvalue weighted by Gasteiger charge is -2.30. The maximum atomic E-state index is 12.4. The number of ether oxygens (including phenoxy) is 1. The summed E-state index contributed by atoms with van der Waals surface area (Å²) < 4.78 is 65.2. The molecule has 11 heteroatoms. The van der Waals surface area contributed by atoms with Crippen molar-refractivity contribution in [3.63, 3.8) is 0 Å². The number of benzene rings is 1. The molecule has 2 N–H and O–H groups in total. The van der Waals surface area contributed by atoms with Crippen LogP contribution < -0.4 is 4.72 Å². The monoisotopic (exact) mass is 464 g/mol. The Morgan fingerprint density at radius 3 is 2.39 bits per heavy atom. The molecule has 3 aliphatic rings. The minimum absolute atomic E-state index is 0.278. The number of nitrogens with one attached hydrogen (secondary N) is 1. The number of carbonyl (C=O) groups is 1. The van der Waals surface area contributed by atoms with Crippen LogP contribution in [0, 0.1) is 17.8 Å². The van der Waals surface area contributed by atoms with Crippen molar-refractivity contribution in [2.45, 2.75) is 36.4 Å². The summed E-state index contributed by atoms with van der Waals surface area (Å²) >= 11 is 0. The van der Waals surface area contributed by atoms with Crippen LogP contribution in [0.1, 0.15) is 19.3 Å². The smallest absolute Gasteiger partial charge is 0.475 e. The number of carboxylic acids is 1. The highest BCUT2D eigenvalue weighted by Gasteiger charge is 2.44. The Balaban J connectivity index is 0.000000339. The van der Waals surface area contributed by atoms with Gasteiger partial charge in [-0.25, -0.2) is 17.9 Å². The van der Waals surface area contributed by atoms with Gasteiger partial charge in [0.1, 0.15) is 0 Å². The van der Waals surface area contributed by atoms with Crippen LogP contribution in [0.25, 0.3) is 0 Å². The minimum atomic E-state index is -5.08. The highest BCUT2D eigenvalue weighted by atomic mass is 32.2. The van der Waals surface area contributed by atoms with E-state index >= 15 is 0 Å². The van der Waals surface area contributed by atoms with Crippen molar-refractivity contribution in [3.8, 4) is 0 Å². The zero-order chi connectivity index (χ0) is 22.6. The van der Waals surface area contributed by atoms with E-state index < -0.39 is 22.2 Å². The van der Waals surface area contributed by atoms with Gasteiger partial charge in [0.2, 0.25) is 10.0 Å². The van der Waals surface area contributed by atoms with Gasteiger partial charge in [0.15, 0.2) is 0 Å². The first-order valence-electron chi connectivity index (χ1n) is 10.2. The third-order valence-electron chi connectivity index (χ3n) is 6.09. The number of aliphatic carboxylic acids is 1. The molecule has 1 aliphatic carbocycles. The Hall–Kier alpha value is -1.69. The predicted octanol–water partition coefficient (Wildman–Crippen LogP) is 2.35. The summed E-state index contributed by atoms with van der Waals surface area (Å²) in [6.07, 6.45) is -0.678. The second-order valence-electron chi connectivity index (χ2n) is 8.28. The topological polar surface area (TPSA) is 95.9 Å². The highest BCUT2D eigenvalue weighted by Crippen LogP contribution is 2.36. The Morgan fingerprint density at radius 1 is 1.19 bits per heavy atom. The van der Waals surface area contributed by atoms with Gasteiger partial charge in [0.25, 0.3) is 0 Å². The predicted molar refractivity (Wildman–Crippen MR) is 106 cm³/mol. The number of nitrogens with zero attached hydrogens (tertiary/aromatic N) is 1. The zero-order valence-corrected chi connectivity index (χ0v) is 17.7. The second-order valence-corrected chi connectivity index (χ2v) is 10.0. The highest BCUT2D eigenvalue weighted by molar-refractivity contribution is 7.89. The summed E-state index contributed by atoms with van der Waals surface area (Å²) in [5.74, 6) is -1.14. The van der Waals surface area contributed by atoms with Crippen molar-refractivity contribution in [1.82, 2.24) is 9.62 Å². The first-order chi connectivity index (χ1) is 14.6. The number of halogens is 3. The summed E-state index contributed by atoms with van der Waals surface area (Å²) in [5, 5.41) is 7.12. The van der Waals surface area contributed by atoms with Gasteiger partial charge < -0.3 is 14.7 Å². The summed E-state index contributed by atoms with van der Waals surface area (Å²) in [5.41, 5.74) is 0. The first-order valence-corrected chi connectivity index (χ1v) is 11.7. The van der Waals surface area contributed by atoms with Crippen molar-refractivity contribution in [1.29, 1.82) is 0 Å². The molecule has 3 fully saturated rings. The van der Waals surface area contributed by atoms with E-state index in [1.165, 1.54) is 25.8 Å². The normalized spacial score (nSPS) is 26.6. The fourth-order valence-corrected chi connectivity index (χ4v) is 5.30. The molecule has 1 aromatic carbocycles. The van der Waals surface area contributed by atoms with E-state index in [1.54, 1.807) is 24.3 Å². The maximum absolute atomic E-state index is 12.4. The van der Waals surface area contributed by atoms with E-state index in [0.717, 1.165) is 19.0 Å². The van der Waals surface area contributed by atoms with Crippen LogP contribution in [0.2, 0.25) is 0 Å². The summed E-state index contributed by atoms with van der Waals surface area (Å²) in [6.45, 7) is 4.40. The third kappa shape index (κ3) is 6.41. The number of alkyl halides is 3. The van der Waals surface area contributed by atoms with Gasteiger partial charge >= 0.3 is 12.1 Å². The van der Waals surface area contributed by atoms with Crippen LogP contribution in [-0.4, -0.2) is 69.5 Å². The van der Waals surface area contributed by atoms with Gasteiger partial charge in [0, 0.05) is 38.0 Å². The molecule has 0 amide bonds. The molecular weight excluding hydrogens is 437 g/mol. The second kappa shape index (κ2) is 9.85. The molecule has 2 aliphatic heterocycles. The van der Waals surface area contributed by atoms with Gasteiger partial charge in [-0.15, -0.1) is 0 Å². The molecule has 2 heterocycles. The summed E-state index contributed by atoms with van der Waals surface area (Å²) in [7, 11) is -3.42. The number of fused-ring (bicyclic) bond motifs is 1.